The summed E-state index contributed by atoms with van der Waals surface area (Å²) in [6.45, 7) is 1.23. The largest absolute Gasteiger partial charge is 0.396 e. The summed E-state index contributed by atoms with van der Waals surface area (Å²) >= 11 is 0. The quantitative estimate of drug-likeness (QED) is 0.425. The van der Waals surface area contributed by atoms with E-state index in [9.17, 15) is 4.79 Å². The number of nitrogens with zero attached hydrogens (tertiary/aromatic N) is 1. The Balaban J connectivity index is 3.61. The third-order valence-electron chi connectivity index (χ3n) is 1.43. The van der Waals surface area contributed by atoms with Crippen molar-refractivity contribution >= 4 is 5.91 Å². The first-order valence-corrected chi connectivity index (χ1v) is 3.93. The Kier molecular flexibility index (Phi) is 6.64. The average Bonchev–Trinajstić information content (AvgIpc) is 2.00. The lowest BCUT2D eigenvalue weighted by molar-refractivity contribution is -0.119. The molecule has 0 heterocycles. The first-order valence-electron chi connectivity index (χ1n) is 3.93. The molecule has 1 amide bonds. The van der Waals surface area contributed by atoms with E-state index in [0.717, 1.165) is 0 Å². The minimum Gasteiger partial charge on any atom is -0.396 e. The van der Waals surface area contributed by atoms with E-state index < -0.39 is 5.91 Å². The standard InChI is InChI=1S/C7H16N2O3/c8-7(12)6-9(3-5-11)2-1-4-10/h10-11H,1-6H2,(H2,8,12). The van der Waals surface area contributed by atoms with Gasteiger partial charge < -0.3 is 15.9 Å². The van der Waals surface area contributed by atoms with Crippen molar-refractivity contribution in [3.8, 4) is 0 Å². The lowest BCUT2D eigenvalue weighted by atomic mass is 10.3. The molecule has 5 nitrogen and oxygen atoms in total. The van der Waals surface area contributed by atoms with Crippen molar-refractivity contribution in [2.45, 2.75) is 6.42 Å². The minimum atomic E-state index is -0.415. The highest BCUT2D eigenvalue weighted by atomic mass is 16.3. The molecule has 5 heteroatoms. The molecule has 0 aromatic rings. The maximum atomic E-state index is 10.5. The maximum absolute atomic E-state index is 10.5. The molecule has 0 aliphatic carbocycles. The molecule has 0 aliphatic rings. The topological polar surface area (TPSA) is 86.8 Å². The first kappa shape index (κ1) is 11.4. The summed E-state index contributed by atoms with van der Waals surface area (Å²) in [6, 6.07) is 0. The molecule has 0 unspecified atom stereocenters. The molecule has 0 atom stereocenters. The van der Waals surface area contributed by atoms with Gasteiger partial charge in [-0.25, -0.2) is 0 Å². The summed E-state index contributed by atoms with van der Waals surface area (Å²) in [5.41, 5.74) is 4.97. The lowest BCUT2D eigenvalue weighted by Crippen LogP contribution is -2.36. The van der Waals surface area contributed by atoms with Crippen LogP contribution in [-0.4, -0.2) is 53.9 Å². The number of carbonyl (C=O) groups is 1. The minimum absolute atomic E-state index is 0.00128. The predicted octanol–water partition coefficient (Wildman–Crippen LogP) is -1.85. The Labute approximate surface area is 71.8 Å². The second-order valence-corrected chi connectivity index (χ2v) is 2.54. The molecule has 0 aromatic heterocycles. The van der Waals surface area contributed by atoms with E-state index in [1.54, 1.807) is 4.90 Å². The van der Waals surface area contributed by atoms with Gasteiger partial charge in [-0.05, 0) is 6.42 Å². The number of nitrogens with two attached hydrogens (primary N) is 1. The first-order chi connectivity index (χ1) is 5.70. The Morgan fingerprint density at radius 3 is 2.33 bits per heavy atom. The van der Waals surface area contributed by atoms with Gasteiger partial charge in [0.15, 0.2) is 0 Å². The molecule has 0 aromatic carbocycles. The van der Waals surface area contributed by atoms with Crippen molar-refractivity contribution in [3.05, 3.63) is 0 Å². The van der Waals surface area contributed by atoms with Gasteiger partial charge >= 0.3 is 0 Å². The summed E-state index contributed by atoms with van der Waals surface area (Å²) in [5.74, 6) is -0.415. The molecular formula is C7H16N2O3. The highest BCUT2D eigenvalue weighted by Gasteiger charge is 2.05. The molecule has 0 bridgehead atoms. The molecule has 0 fully saturated rings. The fourth-order valence-corrected chi connectivity index (χ4v) is 0.926. The van der Waals surface area contributed by atoms with Gasteiger partial charge in [-0.1, -0.05) is 0 Å². The van der Waals surface area contributed by atoms with Crippen LogP contribution in [0.25, 0.3) is 0 Å². The van der Waals surface area contributed by atoms with Gasteiger partial charge in [-0.15, -0.1) is 0 Å². The lowest BCUT2D eigenvalue weighted by Gasteiger charge is -2.18. The molecule has 0 spiro atoms. The van der Waals surface area contributed by atoms with Crippen LogP contribution in [0.4, 0.5) is 0 Å². The van der Waals surface area contributed by atoms with Crippen molar-refractivity contribution in [1.82, 2.24) is 4.90 Å². The van der Waals surface area contributed by atoms with Gasteiger partial charge in [0.05, 0.1) is 13.2 Å². The van der Waals surface area contributed by atoms with Crippen molar-refractivity contribution in [2.75, 3.05) is 32.8 Å². The van der Waals surface area contributed by atoms with Crippen molar-refractivity contribution in [1.29, 1.82) is 0 Å². The van der Waals surface area contributed by atoms with E-state index in [1.807, 2.05) is 0 Å². The molecule has 0 rings (SSSR count). The predicted molar refractivity (Wildman–Crippen MR) is 44.4 cm³/mol. The maximum Gasteiger partial charge on any atom is 0.231 e. The van der Waals surface area contributed by atoms with Crippen LogP contribution in [0.1, 0.15) is 6.42 Å². The van der Waals surface area contributed by atoms with Gasteiger partial charge in [-0.3, -0.25) is 9.69 Å². The molecule has 0 saturated carbocycles. The summed E-state index contributed by atoms with van der Waals surface area (Å²) in [4.78, 5) is 12.2. The average molecular weight is 176 g/mol. The van der Waals surface area contributed by atoms with Gasteiger partial charge in [0, 0.05) is 19.7 Å². The van der Waals surface area contributed by atoms with Crippen LogP contribution in [0, 0.1) is 0 Å². The molecule has 4 N–H and O–H groups in total. The Morgan fingerprint density at radius 1 is 1.25 bits per heavy atom. The number of hydrogen-bond acceptors (Lipinski definition) is 4. The zero-order valence-electron chi connectivity index (χ0n) is 7.07. The second kappa shape index (κ2) is 7.02. The number of hydrogen-bond donors (Lipinski definition) is 3. The normalized spacial score (nSPS) is 10.6. The Bertz CT molecular complexity index is 130. The van der Waals surface area contributed by atoms with Crippen LogP contribution >= 0.6 is 0 Å². The number of amides is 1. The highest BCUT2D eigenvalue weighted by Crippen LogP contribution is 1.89. The Morgan fingerprint density at radius 2 is 1.92 bits per heavy atom. The number of aliphatic hydroxyl groups is 2. The van der Waals surface area contributed by atoms with Crippen LogP contribution in [0.15, 0.2) is 0 Å². The monoisotopic (exact) mass is 176 g/mol. The number of aliphatic hydroxyl groups excluding tert-OH is 2. The molecule has 0 radical (unpaired) electrons. The summed E-state index contributed by atoms with van der Waals surface area (Å²) < 4.78 is 0. The van der Waals surface area contributed by atoms with Gasteiger partial charge in [-0.2, -0.15) is 0 Å². The van der Waals surface area contributed by atoms with Crippen LogP contribution < -0.4 is 5.73 Å². The van der Waals surface area contributed by atoms with E-state index in [0.29, 0.717) is 19.5 Å². The SMILES string of the molecule is NC(=O)CN(CCO)CCCO. The van der Waals surface area contributed by atoms with E-state index in [-0.39, 0.29) is 19.8 Å². The third-order valence-corrected chi connectivity index (χ3v) is 1.43. The third kappa shape index (κ3) is 6.09. The molecular weight excluding hydrogens is 160 g/mol. The van der Waals surface area contributed by atoms with Crippen molar-refractivity contribution in [3.63, 3.8) is 0 Å². The number of rotatable bonds is 7. The summed E-state index contributed by atoms with van der Waals surface area (Å²) in [5, 5.41) is 17.1. The van der Waals surface area contributed by atoms with Crippen LogP contribution in [0.3, 0.4) is 0 Å². The molecule has 12 heavy (non-hydrogen) atoms. The van der Waals surface area contributed by atoms with Crippen molar-refractivity contribution in [2.24, 2.45) is 5.73 Å². The zero-order valence-corrected chi connectivity index (χ0v) is 7.07. The molecule has 72 valence electrons. The molecule has 0 aliphatic heterocycles. The summed E-state index contributed by atoms with van der Waals surface area (Å²) in [6.07, 6.45) is 0.591. The van der Waals surface area contributed by atoms with Crippen LogP contribution in [0.5, 0.6) is 0 Å². The van der Waals surface area contributed by atoms with Crippen LogP contribution in [0.2, 0.25) is 0 Å². The van der Waals surface area contributed by atoms with Gasteiger partial charge in [0.25, 0.3) is 0 Å². The van der Waals surface area contributed by atoms with Gasteiger partial charge in [0.1, 0.15) is 0 Å². The fourth-order valence-electron chi connectivity index (χ4n) is 0.926. The number of carbonyl (C=O) groups excluding carboxylic acids is 1. The van der Waals surface area contributed by atoms with E-state index in [4.69, 9.17) is 15.9 Å². The number of primary amides is 1. The van der Waals surface area contributed by atoms with E-state index in [2.05, 4.69) is 0 Å². The summed E-state index contributed by atoms with van der Waals surface area (Å²) in [7, 11) is 0. The smallest absolute Gasteiger partial charge is 0.231 e. The van der Waals surface area contributed by atoms with Crippen molar-refractivity contribution < 1.29 is 15.0 Å². The molecule has 0 saturated heterocycles. The van der Waals surface area contributed by atoms with E-state index in [1.165, 1.54) is 0 Å². The highest BCUT2D eigenvalue weighted by molar-refractivity contribution is 5.75. The van der Waals surface area contributed by atoms with Crippen LogP contribution in [-0.2, 0) is 4.79 Å². The fraction of sp³-hybridized carbons (Fsp3) is 0.857. The van der Waals surface area contributed by atoms with Gasteiger partial charge in [0.2, 0.25) is 5.91 Å². The Hall–Kier alpha value is -0.650. The van der Waals surface area contributed by atoms with E-state index >= 15 is 0 Å². The zero-order chi connectivity index (χ0) is 9.40. The second-order valence-electron chi connectivity index (χ2n) is 2.54.